The van der Waals surface area contributed by atoms with E-state index in [1.807, 2.05) is 0 Å². The lowest BCUT2D eigenvalue weighted by Gasteiger charge is -2.07. The average molecular weight is 270 g/mol. The first-order chi connectivity index (χ1) is 9.47. The van der Waals surface area contributed by atoms with Crippen LogP contribution in [0.25, 0.3) is 0 Å². The van der Waals surface area contributed by atoms with Crippen LogP contribution in [-0.2, 0) is 0 Å². The average Bonchev–Trinajstić information content (AvgIpc) is 2.39. The molecule has 2 rings (SSSR count). The second kappa shape index (κ2) is 5.48. The number of nitrogens with one attached hydrogen (secondary N) is 1. The Hall–Kier alpha value is -2.76. The van der Waals surface area contributed by atoms with Crippen LogP contribution in [0.4, 0.5) is 5.69 Å². The van der Waals surface area contributed by atoms with Crippen LogP contribution in [0.1, 0.15) is 32.2 Å². The van der Waals surface area contributed by atoms with Gasteiger partial charge in [0.05, 0.1) is 11.3 Å². The molecule has 2 amide bonds. The quantitative estimate of drug-likeness (QED) is 0.881. The topological polar surface area (TPSA) is 98.0 Å². The Morgan fingerprint density at radius 1 is 1.15 bits per heavy atom. The Labute approximate surface area is 116 Å². The minimum atomic E-state index is -0.509. The molecule has 1 heterocycles. The van der Waals surface area contributed by atoms with E-state index in [1.165, 1.54) is 6.20 Å². The molecule has 3 N–H and O–H groups in total. The van der Waals surface area contributed by atoms with E-state index in [9.17, 15) is 9.59 Å². The maximum atomic E-state index is 12.1. The highest BCUT2D eigenvalue weighted by Gasteiger charge is 2.11. The van der Waals surface area contributed by atoms with E-state index in [1.54, 1.807) is 38.1 Å². The molecule has 102 valence electrons. The summed E-state index contributed by atoms with van der Waals surface area (Å²) >= 11 is 0. The first-order valence-corrected chi connectivity index (χ1v) is 5.99. The molecule has 6 nitrogen and oxygen atoms in total. The van der Waals surface area contributed by atoms with Crippen LogP contribution < -0.4 is 11.1 Å². The van der Waals surface area contributed by atoms with Crippen LogP contribution in [0.2, 0.25) is 0 Å². The van der Waals surface area contributed by atoms with Crippen molar-refractivity contribution in [2.45, 2.75) is 13.8 Å². The van der Waals surface area contributed by atoms with Gasteiger partial charge in [0, 0.05) is 17.4 Å². The molecule has 0 unspecified atom stereocenters. The molecule has 0 fully saturated rings. The van der Waals surface area contributed by atoms with Gasteiger partial charge in [-0.1, -0.05) is 0 Å². The van der Waals surface area contributed by atoms with Crippen molar-refractivity contribution in [3.8, 4) is 0 Å². The number of nitrogens with zero attached hydrogens (tertiary/aromatic N) is 2. The lowest BCUT2D eigenvalue weighted by molar-refractivity contribution is 0.0998. The van der Waals surface area contributed by atoms with Crippen LogP contribution in [0.15, 0.2) is 30.5 Å². The Morgan fingerprint density at radius 2 is 1.80 bits per heavy atom. The number of amides is 2. The molecule has 0 aliphatic heterocycles. The van der Waals surface area contributed by atoms with E-state index < -0.39 is 5.91 Å². The third kappa shape index (κ3) is 2.97. The Kier molecular flexibility index (Phi) is 3.74. The molecule has 0 radical (unpaired) electrons. The summed E-state index contributed by atoms with van der Waals surface area (Å²) in [6.45, 7) is 3.51. The van der Waals surface area contributed by atoms with E-state index in [0.29, 0.717) is 28.3 Å². The second-order valence-electron chi connectivity index (χ2n) is 4.31. The summed E-state index contributed by atoms with van der Waals surface area (Å²) in [7, 11) is 0. The van der Waals surface area contributed by atoms with Gasteiger partial charge in [0.15, 0.2) is 0 Å². The number of hydrogen-bond donors (Lipinski definition) is 2. The molecule has 1 aromatic heterocycles. The van der Waals surface area contributed by atoms with Gasteiger partial charge in [-0.3, -0.25) is 9.59 Å². The Bertz CT molecular complexity index is 665. The molecule has 0 spiro atoms. The van der Waals surface area contributed by atoms with Gasteiger partial charge in [-0.2, -0.15) is 0 Å². The van der Waals surface area contributed by atoms with Crippen molar-refractivity contribution in [2.75, 3.05) is 5.32 Å². The highest BCUT2D eigenvalue weighted by molar-refractivity contribution is 6.05. The van der Waals surface area contributed by atoms with Gasteiger partial charge in [-0.25, -0.2) is 9.97 Å². The van der Waals surface area contributed by atoms with Gasteiger partial charge in [0.2, 0.25) is 5.91 Å². The zero-order valence-corrected chi connectivity index (χ0v) is 11.2. The molecule has 2 aromatic rings. The molecule has 1 aromatic carbocycles. The van der Waals surface area contributed by atoms with Crippen molar-refractivity contribution in [3.63, 3.8) is 0 Å². The number of nitrogens with two attached hydrogens (primary N) is 1. The van der Waals surface area contributed by atoms with Gasteiger partial charge < -0.3 is 11.1 Å². The normalized spacial score (nSPS) is 10.1. The van der Waals surface area contributed by atoms with E-state index in [4.69, 9.17) is 5.73 Å². The van der Waals surface area contributed by atoms with Gasteiger partial charge in [-0.05, 0) is 38.1 Å². The third-order valence-corrected chi connectivity index (χ3v) is 2.77. The number of benzene rings is 1. The fourth-order valence-corrected chi connectivity index (χ4v) is 1.72. The molecule has 6 heteroatoms. The number of hydrogen-bond acceptors (Lipinski definition) is 4. The first kappa shape index (κ1) is 13.7. The van der Waals surface area contributed by atoms with Crippen molar-refractivity contribution in [2.24, 2.45) is 5.73 Å². The largest absolute Gasteiger partial charge is 0.366 e. The maximum absolute atomic E-state index is 12.1. The van der Waals surface area contributed by atoms with Gasteiger partial charge in [0.25, 0.3) is 5.91 Å². The summed E-state index contributed by atoms with van der Waals surface area (Å²) in [5.41, 5.74) is 7.13. The SMILES string of the molecule is Cc1ncc(C(=O)Nc2ccc(C(N)=O)cc2)c(C)n1. The molecule has 0 aliphatic carbocycles. The number of carbonyl (C=O) groups excluding carboxylic acids is 2. The van der Waals surface area contributed by atoms with E-state index in [0.717, 1.165) is 0 Å². The summed E-state index contributed by atoms with van der Waals surface area (Å²) < 4.78 is 0. The predicted octanol–water partition coefficient (Wildman–Crippen LogP) is 1.44. The second-order valence-corrected chi connectivity index (χ2v) is 4.31. The highest BCUT2D eigenvalue weighted by atomic mass is 16.2. The highest BCUT2D eigenvalue weighted by Crippen LogP contribution is 2.12. The summed E-state index contributed by atoms with van der Waals surface area (Å²) in [4.78, 5) is 31.2. The summed E-state index contributed by atoms with van der Waals surface area (Å²) in [5.74, 6) is -0.190. The standard InChI is InChI=1S/C14H14N4O2/c1-8-12(7-16-9(2)17-8)14(20)18-11-5-3-10(4-6-11)13(15)19/h3-7H,1-2H3,(H2,15,19)(H,18,20). The number of aryl methyl sites for hydroxylation is 2. The maximum Gasteiger partial charge on any atom is 0.259 e. The van der Waals surface area contributed by atoms with E-state index in [2.05, 4.69) is 15.3 Å². The molecule has 0 atom stereocenters. The third-order valence-electron chi connectivity index (χ3n) is 2.77. The number of rotatable bonds is 3. The lowest BCUT2D eigenvalue weighted by Crippen LogP contribution is -2.15. The number of primary amides is 1. The zero-order valence-electron chi connectivity index (χ0n) is 11.2. The number of carbonyl (C=O) groups is 2. The van der Waals surface area contributed by atoms with Crippen LogP contribution in [0.3, 0.4) is 0 Å². The van der Waals surface area contributed by atoms with Crippen LogP contribution >= 0.6 is 0 Å². The molecular weight excluding hydrogens is 256 g/mol. The summed E-state index contributed by atoms with van der Waals surface area (Å²) in [6.07, 6.45) is 1.49. The van der Waals surface area contributed by atoms with Crippen molar-refractivity contribution >= 4 is 17.5 Å². The van der Waals surface area contributed by atoms with Gasteiger partial charge >= 0.3 is 0 Å². The smallest absolute Gasteiger partial charge is 0.259 e. The van der Waals surface area contributed by atoms with Crippen molar-refractivity contribution < 1.29 is 9.59 Å². The molecule has 20 heavy (non-hydrogen) atoms. The molecule has 0 saturated heterocycles. The van der Waals surface area contributed by atoms with Gasteiger partial charge in [0.1, 0.15) is 5.82 Å². The Balaban J connectivity index is 2.17. The van der Waals surface area contributed by atoms with Gasteiger partial charge in [-0.15, -0.1) is 0 Å². The lowest BCUT2D eigenvalue weighted by atomic mass is 10.2. The molecule has 0 saturated carbocycles. The number of aromatic nitrogens is 2. The molecular formula is C14H14N4O2. The molecule has 0 aliphatic rings. The summed E-state index contributed by atoms with van der Waals surface area (Å²) in [6, 6.07) is 6.33. The van der Waals surface area contributed by atoms with E-state index in [-0.39, 0.29) is 5.91 Å². The molecule has 0 bridgehead atoms. The summed E-state index contributed by atoms with van der Waals surface area (Å²) in [5, 5.41) is 2.71. The van der Waals surface area contributed by atoms with Crippen LogP contribution in [0.5, 0.6) is 0 Å². The fraction of sp³-hybridized carbons (Fsp3) is 0.143. The minimum absolute atomic E-state index is 0.297. The first-order valence-electron chi connectivity index (χ1n) is 5.99. The monoisotopic (exact) mass is 270 g/mol. The minimum Gasteiger partial charge on any atom is -0.366 e. The fourth-order valence-electron chi connectivity index (χ4n) is 1.72. The van der Waals surface area contributed by atoms with Crippen molar-refractivity contribution in [1.82, 2.24) is 9.97 Å². The van der Waals surface area contributed by atoms with Crippen LogP contribution in [-0.4, -0.2) is 21.8 Å². The Morgan fingerprint density at radius 3 is 2.35 bits per heavy atom. The predicted molar refractivity (Wildman–Crippen MR) is 74.4 cm³/mol. The number of anilines is 1. The van der Waals surface area contributed by atoms with Crippen molar-refractivity contribution in [1.29, 1.82) is 0 Å². The van der Waals surface area contributed by atoms with Crippen LogP contribution in [0, 0.1) is 13.8 Å². The van der Waals surface area contributed by atoms with Crippen molar-refractivity contribution in [3.05, 3.63) is 53.1 Å². The van der Waals surface area contributed by atoms with E-state index >= 15 is 0 Å². The zero-order chi connectivity index (χ0) is 14.7.